The van der Waals surface area contributed by atoms with Gasteiger partial charge in [0.1, 0.15) is 0 Å². The predicted molar refractivity (Wildman–Crippen MR) is 58.1 cm³/mol. The zero-order valence-electron chi connectivity index (χ0n) is 9.55. The van der Waals surface area contributed by atoms with Crippen LogP contribution in [0.2, 0.25) is 0 Å². The topological polar surface area (TPSA) is 32.3 Å². The van der Waals surface area contributed by atoms with E-state index in [1.807, 2.05) is 0 Å². The SMILES string of the molecule is CC(=O)N[C@H]1CC[C@@H](CN(C)C)CC1. The summed E-state index contributed by atoms with van der Waals surface area (Å²) in [6, 6.07) is 0.436. The van der Waals surface area contributed by atoms with Gasteiger partial charge in [-0.2, -0.15) is 0 Å². The van der Waals surface area contributed by atoms with Crippen LogP contribution in [0.3, 0.4) is 0 Å². The van der Waals surface area contributed by atoms with Crippen LogP contribution in [0.1, 0.15) is 32.6 Å². The van der Waals surface area contributed by atoms with Crippen molar-refractivity contribution in [1.29, 1.82) is 0 Å². The second-order valence-corrected chi connectivity index (χ2v) is 4.68. The largest absolute Gasteiger partial charge is 0.354 e. The molecule has 1 amide bonds. The fourth-order valence-corrected chi connectivity index (χ4v) is 2.29. The Hall–Kier alpha value is -0.570. The Kier molecular flexibility index (Phi) is 4.39. The quantitative estimate of drug-likeness (QED) is 0.740. The second kappa shape index (κ2) is 5.35. The number of hydrogen-bond acceptors (Lipinski definition) is 2. The summed E-state index contributed by atoms with van der Waals surface area (Å²) in [6.45, 7) is 2.79. The lowest BCUT2D eigenvalue weighted by Crippen LogP contribution is -2.37. The van der Waals surface area contributed by atoms with Gasteiger partial charge < -0.3 is 10.2 Å². The van der Waals surface area contributed by atoms with Crippen LogP contribution in [-0.2, 0) is 4.79 Å². The van der Waals surface area contributed by atoms with Crippen LogP contribution in [0.4, 0.5) is 0 Å². The van der Waals surface area contributed by atoms with Crippen molar-refractivity contribution in [2.75, 3.05) is 20.6 Å². The number of amides is 1. The summed E-state index contributed by atoms with van der Waals surface area (Å²) in [6.07, 6.45) is 4.81. The van der Waals surface area contributed by atoms with Crippen molar-refractivity contribution in [2.24, 2.45) is 5.92 Å². The summed E-state index contributed by atoms with van der Waals surface area (Å²) >= 11 is 0. The molecule has 0 spiro atoms. The lowest BCUT2D eigenvalue weighted by atomic mass is 9.86. The van der Waals surface area contributed by atoms with E-state index in [-0.39, 0.29) is 5.91 Å². The molecule has 0 radical (unpaired) electrons. The van der Waals surface area contributed by atoms with E-state index in [1.165, 1.54) is 19.4 Å². The molecule has 3 nitrogen and oxygen atoms in total. The van der Waals surface area contributed by atoms with Gasteiger partial charge in [-0.15, -0.1) is 0 Å². The smallest absolute Gasteiger partial charge is 0.217 e. The van der Waals surface area contributed by atoms with Crippen molar-refractivity contribution < 1.29 is 4.79 Å². The molecule has 1 fully saturated rings. The standard InChI is InChI=1S/C11H22N2O/c1-9(14)12-11-6-4-10(5-7-11)8-13(2)3/h10-11H,4-8H2,1-3H3,(H,12,14)/t10-,11+. The van der Waals surface area contributed by atoms with Gasteiger partial charge in [0, 0.05) is 19.5 Å². The van der Waals surface area contributed by atoms with Crippen LogP contribution in [0.5, 0.6) is 0 Å². The van der Waals surface area contributed by atoms with Crippen LogP contribution >= 0.6 is 0 Å². The van der Waals surface area contributed by atoms with Crippen LogP contribution < -0.4 is 5.32 Å². The second-order valence-electron chi connectivity index (χ2n) is 4.68. The van der Waals surface area contributed by atoms with Gasteiger partial charge in [-0.05, 0) is 45.7 Å². The molecule has 0 aliphatic heterocycles. The molecule has 1 N–H and O–H groups in total. The van der Waals surface area contributed by atoms with E-state index >= 15 is 0 Å². The van der Waals surface area contributed by atoms with Gasteiger partial charge in [-0.1, -0.05) is 0 Å². The molecule has 0 saturated heterocycles. The van der Waals surface area contributed by atoms with Crippen molar-refractivity contribution in [3.05, 3.63) is 0 Å². The Labute approximate surface area is 86.9 Å². The van der Waals surface area contributed by atoms with Gasteiger partial charge >= 0.3 is 0 Å². The first-order chi connectivity index (χ1) is 6.58. The predicted octanol–water partition coefficient (Wildman–Crippen LogP) is 1.24. The number of nitrogens with zero attached hydrogens (tertiary/aromatic N) is 1. The summed E-state index contributed by atoms with van der Waals surface area (Å²) in [5.74, 6) is 0.941. The van der Waals surface area contributed by atoms with Gasteiger partial charge in [-0.3, -0.25) is 4.79 Å². The molecule has 0 heterocycles. The molecule has 14 heavy (non-hydrogen) atoms. The first-order valence-electron chi connectivity index (χ1n) is 5.49. The van der Waals surface area contributed by atoms with Crippen molar-refractivity contribution >= 4 is 5.91 Å². The Morgan fingerprint density at radius 3 is 2.29 bits per heavy atom. The molecule has 1 saturated carbocycles. The summed E-state index contributed by atoms with van der Waals surface area (Å²) in [5, 5.41) is 3.00. The van der Waals surface area contributed by atoms with E-state index < -0.39 is 0 Å². The minimum absolute atomic E-state index is 0.112. The minimum Gasteiger partial charge on any atom is -0.354 e. The van der Waals surface area contributed by atoms with E-state index in [9.17, 15) is 4.79 Å². The fourth-order valence-electron chi connectivity index (χ4n) is 2.29. The van der Waals surface area contributed by atoms with Gasteiger partial charge in [0.2, 0.25) is 5.91 Å². The Morgan fingerprint density at radius 2 is 1.86 bits per heavy atom. The summed E-state index contributed by atoms with van der Waals surface area (Å²) in [5.41, 5.74) is 0. The average molecular weight is 198 g/mol. The summed E-state index contributed by atoms with van der Waals surface area (Å²) < 4.78 is 0. The van der Waals surface area contributed by atoms with Gasteiger partial charge in [0.25, 0.3) is 0 Å². The molecule has 3 heteroatoms. The third-order valence-electron chi connectivity index (χ3n) is 2.88. The molecular formula is C11H22N2O. The summed E-state index contributed by atoms with van der Waals surface area (Å²) in [7, 11) is 4.25. The minimum atomic E-state index is 0.112. The van der Waals surface area contributed by atoms with Crippen LogP contribution in [0, 0.1) is 5.92 Å². The number of carbonyl (C=O) groups excluding carboxylic acids is 1. The molecule has 0 aromatic carbocycles. The van der Waals surface area contributed by atoms with Gasteiger partial charge in [-0.25, -0.2) is 0 Å². The van der Waals surface area contributed by atoms with Gasteiger partial charge in [0.15, 0.2) is 0 Å². The Morgan fingerprint density at radius 1 is 1.29 bits per heavy atom. The van der Waals surface area contributed by atoms with Gasteiger partial charge in [0.05, 0.1) is 0 Å². The van der Waals surface area contributed by atoms with E-state index in [0.29, 0.717) is 6.04 Å². The molecule has 1 rings (SSSR count). The number of carbonyl (C=O) groups is 1. The zero-order valence-corrected chi connectivity index (χ0v) is 9.55. The lowest BCUT2D eigenvalue weighted by molar-refractivity contribution is -0.119. The third kappa shape index (κ3) is 4.09. The highest BCUT2D eigenvalue weighted by Gasteiger charge is 2.21. The molecule has 0 aromatic rings. The highest BCUT2D eigenvalue weighted by atomic mass is 16.1. The van der Waals surface area contributed by atoms with E-state index in [2.05, 4.69) is 24.3 Å². The molecule has 0 unspecified atom stereocenters. The molecule has 1 aliphatic carbocycles. The highest BCUT2D eigenvalue weighted by Crippen LogP contribution is 2.24. The van der Waals surface area contributed by atoms with Crippen molar-refractivity contribution in [3.8, 4) is 0 Å². The first-order valence-corrected chi connectivity index (χ1v) is 5.49. The summed E-state index contributed by atoms with van der Waals surface area (Å²) in [4.78, 5) is 13.1. The lowest BCUT2D eigenvalue weighted by Gasteiger charge is -2.30. The van der Waals surface area contributed by atoms with Crippen molar-refractivity contribution in [1.82, 2.24) is 10.2 Å². The average Bonchev–Trinajstić information content (AvgIpc) is 2.06. The first kappa shape index (κ1) is 11.5. The van der Waals surface area contributed by atoms with Crippen molar-refractivity contribution in [2.45, 2.75) is 38.6 Å². The zero-order chi connectivity index (χ0) is 10.6. The highest BCUT2D eigenvalue weighted by molar-refractivity contribution is 5.73. The molecule has 1 aliphatic rings. The Bertz CT molecular complexity index is 184. The number of rotatable bonds is 3. The van der Waals surface area contributed by atoms with Crippen LogP contribution in [0.25, 0.3) is 0 Å². The van der Waals surface area contributed by atoms with E-state index in [1.54, 1.807) is 6.92 Å². The maximum Gasteiger partial charge on any atom is 0.217 e. The monoisotopic (exact) mass is 198 g/mol. The maximum atomic E-state index is 10.9. The molecule has 82 valence electrons. The van der Waals surface area contributed by atoms with Crippen LogP contribution in [0.15, 0.2) is 0 Å². The maximum absolute atomic E-state index is 10.9. The van der Waals surface area contributed by atoms with Crippen molar-refractivity contribution in [3.63, 3.8) is 0 Å². The number of nitrogens with one attached hydrogen (secondary N) is 1. The molecule has 0 aromatic heterocycles. The number of hydrogen-bond donors (Lipinski definition) is 1. The molecule has 0 atom stereocenters. The molecular weight excluding hydrogens is 176 g/mol. The molecule has 0 bridgehead atoms. The fraction of sp³-hybridized carbons (Fsp3) is 0.909. The third-order valence-corrected chi connectivity index (χ3v) is 2.88. The normalized spacial score (nSPS) is 27.7. The van der Waals surface area contributed by atoms with E-state index in [0.717, 1.165) is 18.8 Å². The van der Waals surface area contributed by atoms with E-state index in [4.69, 9.17) is 0 Å². The van der Waals surface area contributed by atoms with Crippen LogP contribution in [-0.4, -0.2) is 37.5 Å². The Balaban J connectivity index is 2.21.